The van der Waals surface area contributed by atoms with Gasteiger partial charge in [0, 0.05) is 39.4 Å². The van der Waals surface area contributed by atoms with Gasteiger partial charge in [-0.3, -0.25) is 4.90 Å². The number of nitrogens with zero attached hydrogens (tertiary/aromatic N) is 4. The fourth-order valence-electron chi connectivity index (χ4n) is 6.38. The van der Waals surface area contributed by atoms with Gasteiger partial charge in [0.15, 0.2) is 0 Å². The molecule has 0 radical (unpaired) electrons. The second kappa shape index (κ2) is 10.2. The minimum Gasteiger partial charge on any atom is -0.438 e. The van der Waals surface area contributed by atoms with E-state index in [9.17, 15) is 0 Å². The Morgan fingerprint density at radius 3 is 1.98 bits per heavy atom. The Balaban J connectivity index is 1.25. The average molecular weight is 579 g/mol. The zero-order valence-corrected chi connectivity index (χ0v) is 24.2. The standard InChI is InChI=1S/C40H26N4O/c1-3-11-27(12-4-1)28-19-21-30(22-20-28)43(40-41-26-35-33-16-8-10-18-38(33)45-39(35)42-40)31-23-24-37-34(25-31)32-15-7-9-17-36(32)44(37)29-13-5-2-6-14-29/h1-26H. The van der Waals surface area contributed by atoms with Crippen LogP contribution in [-0.4, -0.2) is 14.5 Å². The SMILES string of the molecule is c1ccc(-c2ccc(N(c3ccc4c(c3)c3ccccc3n4-c3ccccc3)c3ncc4c(n3)oc3ccccc34)cc2)cc1. The number of furan rings is 1. The lowest BCUT2D eigenvalue weighted by atomic mass is 10.1. The van der Waals surface area contributed by atoms with E-state index in [0.29, 0.717) is 11.7 Å². The van der Waals surface area contributed by atoms with Gasteiger partial charge < -0.3 is 8.98 Å². The van der Waals surface area contributed by atoms with Crippen LogP contribution in [0.5, 0.6) is 0 Å². The van der Waals surface area contributed by atoms with Crippen LogP contribution in [0.15, 0.2) is 162 Å². The van der Waals surface area contributed by atoms with E-state index >= 15 is 0 Å². The normalized spacial score (nSPS) is 11.6. The molecule has 6 aromatic carbocycles. The predicted octanol–water partition coefficient (Wildman–Crippen LogP) is 10.6. The number of hydrogen-bond donors (Lipinski definition) is 0. The third-order valence-corrected chi connectivity index (χ3v) is 8.49. The van der Waals surface area contributed by atoms with Crippen LogP contribution < -0.4 is 4.90 Å². The van der Waals surface area contributed by atoms with Crippen LogP contribution in [0.4, 0.5) is 17.3 Å². The van der Waals surface area contributed by atoms with Gasteiger partial charge in [-0.05, 0) is 65.7 Å². The van der Waals surface area contributed by atoms with Crippen molar-refractivity contribution in [2.45, 2.75) is 0 Å². The Morgan fingerprint density at radius 2 is 1.16 bits per heavy atom. The highest BCUT2D eigenvalue weighted by molar-refractivity contribution is 6.10. The molecule has 0 saturated heterocycles. The van der Waals surface area contributed by atoms with Gasteiger partial charge in [0.25, 0.3) is 0 Å². The summed E-state index contributed by atoms with van der Waals surface area (Å²) in [7, 11) is 0. The lowest BCUT2D eigenvalue weighted by Crippen LogP contribution is -2.13. The molecule has 3 heterocycles. The van der Waals surface area contributed by atoms with Gasteiger partial charge in [-0.1, -0.05) is 97.1 Å². The largest absolute Gasteiger partial charge is 0.438 e. The monoisotopic (exact) mass is 578 g/mol. The number of rotatable bonds is 5. The maximum Gasteiger partial charge on any atom is 0.237 e. The number of para-hydroxylation sites is 3. The maximum atomic E-state index is 6.19. The first-order valence-electron chi connectivity index (χ1n) is 15.0. The molecule has 0 saturated carbocycles. The van der Waals surface area contributed by atoms with E-state index in [4.69, 9.17) is 14.4 Å². The first-order chi connectivity index (χ1) is 22.3. The molecule has 9 rings (SSSR count). The second-order valence-electron chi connectivity index (χ2n) is 11.1. The van der Waals surface area contributed by atoms with Gasteiger partial charge in [-0.25, -0.2) is 4.98 Å². The van der Waals surface area contributed by atoms with E-state index in [1.165, 1.54) is 10.9 Å². The van der Waals surface area contributed by atoms with Gasteiger partial charge in [-0.2, -0.15) is 4.98 Å². The predicted molar refractivity (Wildman–Crippen MR) is 184 cm³/mol. The van der Waals surface area contributed by atoms with E-state index in [1.807, 2.05) is 36.5 Å². The van der Waals surface area contributed by atoms with Crippen molar-refractivity contribution in [3.63, 3.8) is 0 Å². The van der Waals surface area contributed by atoms with Crippen LogP contribution in [-0.2, 0) is 0 Å². The number of anilines is 3. The molecule has 0 aliphatic heterocycles. The fourth-order valence-corrected chi connectivity index (χ4v) is 6.38. The average Bonchev–Trinajstić information content (AvgIpc) is 3.65. The summed E-state index contributed by atoms with van der Waals surface area (Å²) in [4.78, 5) is 12.0. The van der Waals surface area contributed by atoms with Crippen molar-refractivity contribution >= 4 is 61.2 Å². The molecule has 0 amide bonds. The molecule has 212 valence electrons. The molecule has 45 heavy (non-hydrogen) atoms. The van der Waals surface area contributed by atoms with Crippen LogP contribution in [0.2, 0.25) is 0 Å². The lowest BCUT2D eigenvalue weighted by molar-refractivity contribution is 0.653. The summed E-state index contributed by atoms with van der Waals surface area (Å²) in [6, 6.07) is 52.6. The summed E-state index contributed by atoms with van der Waals surface area (Å²) in [6.45, 7) is 0. The molecule has 9 aromatic rings. The molecule has 5 nitrogen and oxygen atoms in total. The molecular weight excluding hydrogens is 552 g/mol. The maximum absolute atomic E-state index is 6.19. The summed E-state index contributed by atoms with van der Waals surface area (Å²) in [5, 5.41) is 4.25. The van der Waals surface area contributed by atoms with Gasteiger partial charge in [0.05, 0.1) is 16.4 Å². The van der Waals surface area contributed by atoms with Gasteiger partial charge in [-0.15, -0.1) is 0 Å². The molecule has 0 unspecified atom stereocenters. The minimum atomic E-state index is 0.542. The Kier molecular flexibility index (Phi) is 5.74. The van der Waals surface area contributed by atoms with Crippen molar-refractivity contribution in [1.29, 1.82) is 0 Å². The zero-order valence-electron chi connectivity index (χ0n) is 24.2. The highest BCUT2D eigenvalue weighted by Gasteiger charge is 2.20. The molecule has 0 aliphatic carbocycles. The molecule has 3 aromatic heterocycles. The topological polar surface area (TPSA) is 47.1 Å². The first kappa shape index (κ1) is 25.3. The van der Waals surface area contributed by atoms with Crippen LogP contribution in [0.25, 0.3) is 60.7 Å². The molecular formula is C40H26N4O. The second-order valence-corrected chi connectivity index (χ2v) is 11.1. The minimum absolute atomic E-state index is 0.542. The summed E-state index contributed by atoms with van der Waals surface area (Å²) < 4.78 is 8.51. The molecule has 0 fully saturated rings. The first-order valence-corrected chi connectivity index (χ1v) is 15.0. The van der Waals surface area contributed by atoms with E-state index in [2.05, 4.69) is 131 Å². The van der Waals surface area contributed by atoms with E-state index in [1.54, 1.807) is 0 Å². The van der Waals surface area contributed by atoms with Crippen molar-refractivity contribution in [1.82, 2.24) is 14.5 Å². The third kappa shape index (κ3) is 4.17. The van der Waals surface area contributed by atoms with Crippen LogP contribution >= 0.6 is 0 Å². The number of aromatic nitrogens is 3. The van der Waals surface area contributed by atoms with Crippen molar-refractivity contribution in [3.05, 3.63) is 158 Å². The number of benzene rings is 6. The Morgan fingerprint density at radius 1 is 0.511 bits per heavy atom. The number of fused-ring (bicyclic) bond motifs is 6. The molecule has 0 spiro atoms. The third-order valence-electron chi connectivity index (χ3n) is 8.49. The van der Waals surface area contributed by atoms with Crippen molar-refractivity contribution in [2.24, 2.45) is 0 Å². The smallest absolute Gasteiger partial charge is 0.237 e. The highest BCUT2D eigenvalue weighted by Crippen LogP contribution is 2.40. The zero-order chi connectivity index (χ0) is 29.7. The van der Waals surface area contributed by atoms with Gasteiger partial charge in [0.2, 0.25) is 11.7 Å². The molecule has 0 N–H and O–H groups in total. The van der Waals surface area contributed by atoms with Crippen LogP contribution in [0, 0.1) is 0 Å². The van der Waals surface area contributed by atoms with Crippen molar-refractivity contribution in [2.75, 3.05) is 4.90 Å². The Hall–Kier alpha value is -6.20. The fraction of sp³-hybridized carbons (Fsp3) is 0. The van der Waals surface area contributed by atoms with Crippen molar-refractivity contribution in [3.8, 4) is 16.8 Å². The van der Waals surface area contributed by atoms with Gasteiger partial charge in [0.1, 0.15) is 5.58 Å². The molecule has 0 atom stereocenters. The summed E-state index contributed by atoms with van der Waals surface area (Å²) in [6.07, 6.45) is 1.87. The quantitative estimate of drug-likeness (QED) is 0.204. The summed E-state index contributed by atoms with van der Waals surface area (Å²) in [5.74, 6) is 0.542. The Labute approximate surface area is 259 Å². The van der Waals surface area contributed by atoms with Crippen LogP contribution in [0.3, 0.4) is 0 Å². The van der Waals surface area contributed by atoms with Crippen molar-refractivity contribution < 1.29 is 4.42 Å². The van der Waals surface area contributed by atoms with E-state index in [0.717, 1.165) is 55.4 Å². The van der Waals surface area contributed by atoms with E-state index < -0.39 is 0 Å². The number of hydrogen-bond acceptors (Lipinski definition) is 4. The highest BCUT2D eigenvalue weighted by atomic mass is 16.3. The van der Waals surface area contributed by atoms with Gasteiger partial charge >= 0.3 is 0 Å². The van der Waals surface area contributed by atoms with Crippen LogP contribution in [0.1, 0.15) is 0 Å². The lowest BCUT2D eigenvalue weighted by Gasteiger charge is -2.23. The molecule has 5 heteroatoms. The van der Waals surface area contributed by atoms with E-state index in [-0.39, 0.29) is 0 Å². The molecule has 0 aliphatic rings. The summed E-state index contributed by atoms with van der Waals surface area (Å²) in [5.41, 5.74) is 9.02. The summed E-state index contributed by atoms with van der Waals surface area (Å²) >= 11 is 0. The molecule has 0 bridgehead atoms. The Bertz CT molecular complexity index is 2480.